The van der Waals surface area contributed by atoms with E-state index >= 15 is 0 Å². The second-order valence-corrected chi connectivity index (χ2v) is 5.42. The van der Waals surface area contributed by atoms with Crippen molar-refractivity contribution in [3.05, 3.63) is 0 Å². The van der Waals surface area contributed by atoms with Gasteiger partial charge in [0.15, 0.2) is 0 Å². The fourth-order valence-electron chi connectivity index (χ4n) is 1.51. The molecule has 0 aliphatic heterocycles. The first-order chi connectivity index (χ1) is 7.72. The van der Waals surface area contributed by atoms with E-state index in [2.05, 4.69) is 11.7 Å². The van der Waals surface area contributed by atoms with E-state index in [9.17, 15) is 4.79 Å². The minimum atomic E-state index is -0.0876. The Morgan fingerprint density at radius 2 is 1.81 bits per heavy atom. The summed E-state index contributed by atoms with van der Waals surface area (Å²) in [5.41, 5.74) is 0. The number of carbonyl (C=O) groups excluding carboxylic acids is 1. The van der Waals surface area contributed by atoms with Crippen molar-refractivity contribution in [3.8, 4) is 0 Å². The van der Waals surface area contributed by atoms with Crippen LogP contribution in [0.25, 0.3) is 0 Å². The molecule has 0 radical (unpaired) electrons. The predicted octanol–water partition coefficient (Wildman–Crippen LogP) is 3.89. The van der Waals surface area contributed by atoms with Gasteiger partial charge >= 0.3 is 5.97 Å². The van der Waals surface area contributed by atoms with Gasteiger partial charge in [-0.1, -0.05) is 46.0 Å². The van der Waals surface area contributed by atoms with Crippen LogP contribution in [0.1, 0.15) is 52.4 Å². The monoisotopic (exact) mass is 246 g/mol. The lowest BCUT2D eigenvalue weighted by atomic mass is 10.1. The molecule has 1 unspecified atom stereocenters. The molecule has 0 bridgehead atoms. The zero-order chi connectivity index (χ0) is 12.2. The van der Waals surface area contributed by atoms with E-state index in [4.69, 9.17) is 0 Å². The third-order valence-corrected chi connectivity index (χ3v) is 3.93. The van der Waals surface area contributed by atoms with Crippen LogP contribution in [0, 0.1) is 5.92 Å². The summed E-state index contributed by atoms with van der Waals surface area (Å²) in [7, 11) is 1.46. The SMILES string of the molecule is CCCCCCCCSCC(C)C(=O)OC. The molecule has 1 atom stereocenters. The number of rotatable bonds is 10. The van der Waals surface area contributed by atoms with E-state index in [1.165, 1.54) is 51.4 Å². The van der Waals surface area contributed by atoms with Crippen molar-refractivity contribution in [1.29, 1.82) is 0 Å². The molecule has 0 spiro atoms. The molecule has 0 aromatic carbocycles. The number of hydrogen-bond acceptors (Lipinski definition) is 3. The van der Waals surface area contributed by atoms with Crippen molar-refractivity contribution >= 4 is 17.7 Å². The average molecular weight is 246 g/mol. The first-order valence-corrected chi connectivity index (χ1v) is 7.53. The van der Waals surface area contributed by atoms with Crippen LogP contribution >= 0.6 is 11.8 Å². The minimum absolute atomic E-state index is 0.0371. The van der Waals surface area contributed by atoms with Gasteiger partial charge in [0.25, 0.3) is 0 Å². The number of methoxy groups -OCH3 is 1. The Hall–Kier alpha value is -0.180. The van der Waals surface area contributed by atoms with Crippen LogP contribution in [0.3, 0.4) is 0 Å². The summed E-state index contributed by atoms with van der Waals surface area (Å²) in [5.74, 6) is 2.01. The molecule has 0 aromatic heterocycles. The quantitative estimate of drug-likeness (QED) is 0.432. The number of ether oxygens (including phenoxy) is 1. The maximum Gasteiger partial charge on any atom is 0.309 e. The molecule has 16 heavy (non-hydrogen) atoms. The highest BCUT2D eigenvalue weighted by atomic mass is 32.2. The number of hydrogen-bond donors (Lipinski definition) is 0. The maximum absolute atomic E-state index is 11.1. The predicted molar refractivity (Wildman–Crippen MR) is 71.9 cm³/mol. The largest absolute Gasteiger partial charge is 0.469 e. The summed E-state index contributed by atoms with van der Waals surface area (Å²) in [6.45, 7) is 4.17. The fourth-order valence-corrected chi connectivity index (χ4v) is 2.58. The van der Waals surface area contributed by atoms with Crippen molar-refractivity contribution in [2.24, 2.45) is 5.92 Å². The van der Waals surface area contributed by atoms with Crippen molar-refractivity contribution in [1.82, 2.24) is 0 Å². The van der Waals surface area contributed by atoms with Gasteiger partial charge in [0.05, 0.1) is 13.0 Å². The molecule has 0 aliphatic rings. The zero-order valence-corrected chi connectivity index (χ0v) is 11.8. The molecule has 0 N–H and O–H groups in total. The highest BCUT2D eigenvalue weighted by molar-refractivity contribution is 7.99. The fraction of sp³-hybridized carbons (Fsp3) is 0.923. The lowest BCUT2D eigenvalue weighted by molar-refractivity contribution is -0.143. The Kier molecular flexibility index (Phi) is 11.2. The summed E-state index contributed by atoms with van der Waals surface area (Å²) in [6, 6.07) is 0. The van der Waals surface area contributed by atoms with Crippen molar-refractivity contribution in [2.75, 3.05) is 18.6 Å². The lowest BCUT2D eigenvalue weighted by Crippen LogP contribution is -2.15. The molecule has 96 valence electrons. The normalized spacial score (nSPS) is 12.4. The van der Waals surface area contributed by atoms with Crippen molar-refractivity contribution in [2.45, 2.75) is 52.4 Å². The third kappa shape index (κ3) is 9.08. The van der Waals surface area contributed by atoms with Crippen LogP contribution in [0.15, 0.2) is 0 Å². The molecule has 0 aromatic rings. The Balaban J connectivity index is 3.17. The molecule has 0 rings (SSSR count). The third-order valence-electron chi connectivity index (χ3n) is 2.61. The second-order valence-electron chi connectivity index (χ2n) is 4.27. The molecule has 0 heterocycles. The molecule has 0 saturated carbocycles. The Morgan fingerprint density at radius 3 is 2.44 bits per heavy atom. The minimum Gasteiger partial charge on any atom is -0.469 e. The van der Waals surface area contributed by atoms with E-state index in [1.807, 2.05) is 18.7 Å². The molecular weight excluding hydrogens is 220 g/mol. The van der Waals surface area contributed by atoms with Gasteiger partial charge in [-0.3, -0.25) is 4.79 Å². The number of carbonyl (C=O) groups is 1. The molecular formula is C13H26O2S. The first-order valence-electron chi connectivity index (χ1n) is 6.38. The first kappa shape index (κ1) is 15.8. The summed E-state index contributed by atoms with van der Waals surface area (Å²) >= 11 is 1.87. The van der Waals surface area contributed by atoms with Gasteiger partial charge in [-0.2, -0.15) is 11.8 Å². The smallest absolute Gasteiger partial charge is 0.309 e. The molecule has 3 heteroatoms. The summed E-state index contributed by atoms with van der Waals surface area (Å²) in [5, 5.41) is 0. The van der Waals surface area contributed by atoms with Gasteiger partial charge in [0.2, 0.25) is 0 Å². The second kappa shape index (κ2) is 11.3. The average Bonchev–Trinajstić information content (AvgIpc) is 2.31. The van der Waals surface area contributed by atoms with Gasteiger partial charge in [0.1, 0.15) is 0 Å². The van der Waals surface area contributed by atoms with Crippen LogP contribution < -0.4 is 0 Å². The van der Waals surface area contributed by atoms with Crippen LogP contribution in [-0.4, -0.2) is 24.6 Å². The van der Waals surface area contributed by atoms with Crippen molar-refractivity contribution < 1.29 is 9.53 Å². The summed E-state index contributed by atoms with van der Waals surface area (Å²) in [4.78, 5) is 11.1. The standard InChI is InChI=1S/C13H26O2S/c1-4-5-6-7-8-9-10-16-11-12(2)13(14)15-3/h12H,4-11H2,1-3H3. The Bertz CT molecular complexity index is 171. The van der Waals surface area contributed by atoms with E-state index in [-0.39, 0.29) is 11.9 Å². The van der Waals surface area contributed by atoms with E-state index < -0.39 is 0 Å². The van der Waals surface area contributed by atoms with Crippen molar-refractivity contribution in [3.63, 3.8) is 0 Å². The van der Waals surface area contributed by atoms with Gasteiger partial charge in [0, 0.05) is 5.75 Å². The van der Waals surface area contributed by atoms with E-state index in [0.717, 1.165) is 5.75 Å². The maximum atomic E-state index is 11.1. The number of unbranched alkanes of at least 4 members (excludes halogenated alkanes) is 5. The lowest BCUT2D eigenvalue weighted by Gasteiger charge is -2.08. The molecule has 0 saturated heterocycles. The molecule has 0 aliphatic carbocycles. The number of esters is 1. The summed E-state index contributed by atoms with van der Waals surface area (Å²) in [6.07, 6.45) is 8.03. The Morgan fingerprint density at radius 1 is 1.19 bits per heavy atom. The molecule has 2 nitrogen and oxygen atoms in total. The molecule has 0 fully saturated rings. The summed E-state index contributed by atoms with van der Waals surface area (Å²) < 4.78 is 4.68. The highest BCUT2D eigenvalue weighted by Crippen LogP contribution is 2.13. The zero-order valence-electron chi connectivity index (χ0n) is 11.0. The van der Waals surface area contributed by atoms with E-state index in [0.29, 0.717) is 0 Å². The number of thioether (sulfide) groups is 1. The van der Waals surface area contributed by atoms with Gasteiger partial charge < -0.3 is 4.74 Å². The van der Waals surface area contributed by atoms with Crippen LogP contribution in [0.4, 0.5) is 0 Å². The highest BCUT2D eigenvalue weighted by Gasteiger charge is 2.11. The molecule has 0 amide bonds. The van der Waals surface area contributed by atoms with Crippen LogP contribution in [0.2, 0.25) is 0 Å². The van der Waals surface area contributed by atoms with E-state index in [1.54, 1.807) is 0 Å². The van der Waals surface area contributed by atoms with Crippen LogP contribution in [0.5, 0.6) is 0 Å². The topological polar surface area (TPSA) is 26.3 Å². The van der Waals surface area contributed by atoms with Crippen LogP contribution in [-0.2, 0) is 9.53 Å². The van der Waals surface area contributed by atoms with Gasteiger partial charge in [-0.15, -0.1) is 0 Å². The van der Waals surface area contributed by atoms with Gasteiger partial charge in [-0.05, 0) is 12.2 Å². The van der Waals surface area contributed by atoms with Gasteiger partial charge in [-0.25, -0.2) is 0 Å². The Labute approximate surface area is 105 Å².